The van der Waals surface area contributed by atoms with Crippen LogP contribution in [0.4, 0.5) is 17.3 Å². The van der Waals surface area contributed by atoms with Crippen LogP contribution >= 0.6 is 23.2 Å². The number of aromatic amines is 1. The SMILES string of the molecule is CC(C)Oc1cc(Nc2nc(Cl)c(Cl)cc2[N+](=O)[O-])n[nH]1. The lowest BCUT2D eigenvalue weighted by molar-refractivity contribution is -0.384. The Kier molecular flexibility index (Phi) is 4.49. The first-order valence-electron chi connectivity index (χ1n) is 5.86. The van der Waals surface area contributed by atoms with Crippen molar-refractivity contribution in [3.05, 3.63) is 32.4 Å². The molecule has 0 saturated carbocycles. The van der Waals surface area contributed by atoms with E-state index >= 15 is 0 Å². The van der Waals surface area contributed by atoms with Gasteiger partial charge >= 0.3 is 5.69 Å². The van der Waals surface area contributed by atoms with Gasteiger partial charge in [0.1, 0.15) is 0 Å². The quantitative estimate of drug-likeness (QED) is 0.493. The van der Waals surface area contributed by atoms with Crippen molar-refractivity contribution in [3.8, 4) is 5.88 Å². The fourth-order valence-corrected chi connectivity index (χ4v) is 1.78. The summed E-state index contributed by atoms with van der Waals surface area (Å²) in [5.74, 6) is 0.673. The zero-order chi connectivity index (χ0) is 15.6. The maximum Gasteiger partial charge on any atom is 0.313 e. The van der Waals surface area contributed by atoms with Gasteiger partial charge in [0.2, 0.25) is 11.7 Å². The van der Waals surface area contributed by atoms with Crippen LogP contribution in [-0.4, -0.2) is 26.2 Å². The molecule has 21 heavy (non-hydrogen) atoms. The van der Waals surface area contributed by atoms with Crippen molar-refractivity contribution >= 4 is 40.5 Å². The Labute approximate surface area is 129 Å². The molecular formula is C11H11Cl2N5O3. The predicted molar refractivity (Wildman–Crippen MR) is 78.5 cm³/mol. The third-order valence-electron chi connectivity index (χ3n) is 2.27. The molecule has 0 spiro atoms. The number of nitrogens with zero attached hydrogens (tertiary/aromatic N) is 3. The lowest BCUT2D eigenvalue weighted by Crippen LogP contribution is -2.05. The highest BCUT2D eigenvalue weighted by Gasteiger charge is 2.20. The number of nitrogens with one attached hydrogen (secondary N) is 2. The van der Waals surface area contributed by atoms with Gasteiger partial charge in [0, 0.05) is 12.1 Å². The minimum absolute atomic E-state index is 0.000209. The highest BCUT2D eigenvalue weighted by Crippen LogP contribution is 2.32. The normalized spacial score (nSPS) is 10.7. The van der Waals surface area contributed by atoms with Crippen LogP contribution in [0.3, 0.4) is 0 Å². The van der Waals surface area contributed by atoms with Crippen LogP contribution in [-0.2, 0) is 0 Å². The number of halogens is 2. The lowest BCUT2D eigenvalue weighted by atomic mass is 10.4. The number of ether oxygens (including phenoxy) is 1. The van der Waals surface area contributed by atoms with E-state index in [1.54, 1.807) is 6.07 Å². The van der Waals surface area contributed by atoms with E-state index in [0.29, 0.717) is 11.7 Å². The largest absolute Gasteiger partial charge is 0.475 e. The number of rotatable bonds is 5. The first kappa shape index (κ1) is 15.3. The van der Waals surface area contributed by atoms with Crippen molar-refractivity contribution in [2.24, 2.45) is 0 Å². The van der Waals surface area contributed by atoms with E-state index < -0.39 is 4.92 Å². The highest BCUT2D eigenvalue weighted by atomic mass is 35.5. The fraction of sp³-hybridized carbons (Fsp3) is 0.273. The molecule has 2 N–H and O–H groups in total. The Bertz CT molecular complexity index is 674. The summed E-state index contributed by atoms with van der Waals surface area (Å²) in [6, 6.07) is 2.67. The Hall–Kier alpha value is -2.06. The zero-order valence-electron chi connectivity index (χ0n) is 11.1. The van der Waals surface area contributed by atoms with E-state index in [4.69, 9.17) is 27.9 Å². The van der Waals surface area contributed by atoms with Crippen molar-refractivity contribution in [1.82, 2.24) is 15.2 Å². The second kappa shape index (κ2) is 6.15. The molecule has 0 unspecified atom stereocenters. The molecule has 0 aliphatic heterocycles. The molecule has 0 aliphatic carbocycles. The number of aromatic nitrogens is 3. The van der Waals surface area contributed by atoms with Gasteiger partial charge in [0.25, 0.3) is 0 Å². The molecule has 2 aromatic heterocycles. The maximum atomic E-state index is 11.0. The predicted octanol–water partition coefficient (Wildman–Crippen LogP) is 3.55. The Morgan fingerprint density at radius 3 is 2.76 bits per heavy atom. The van der Waals surface area contributed by atoms with Crippen molar-refractivity contribution in [2.45, 2.75) is 20.0 Å². The molecule has 112 valence electrons. The minimum atomic E-state index is -0.615. The van der Waals surface area contributed by atoms with Gasteiger partial charge < -0.3 is 10.1 Å². The monoisotopic (exact) mass is 331 g/mol. The molecule has 0 radical (unpaired) electrons. The van der Waals surface area contributed by atoms with Crippen LogP contribution in [0, 0.1) is 10.1 Å². The summed E-state index contributed by atoms with van der Waals surface area (Å²) >= 11 is 11.5. The summed E-state index contributed by atoms with van der Waals surface area (Å²) in [6.45, 7) is 3.72. The molecule has 0 aromatic carbocycles. The van der Waals surface area contributed by atoms with Gasteiger partial charge in [-0.3, -0.25) is 10.1 Å². The first-order valence-corrected chi connectivity index (χ1v) is 6.62. The average Bonchev–Trinajstić information content (AvgIpc) is 2.79. The van der Waals surface area contributed by atoms with Crippen molar-refractivity contribution in [1.29, 1.82) is 0 Å². The maximum absolute atomic E-state index is 11.0. The van der Waals surface area contributed by atoms with Gasteiger partial charge in [-0.2, -0.15) is 5.10 Å². The second-order valence-corrected chi connectivity index (χ2v) is 5.06. The molecule has 0 aliphatic rings. The van der Waals surface area contributed by atoms with E-state index in [9.17, 15) is 10.1 Å². The molecule has 2 heterocycles. The molecule has 0 fully saturated rings. The van der Waals surface area contributed by atoms with Gasteiger partial charge in [-0.15, -0.1) is 0 Å². The number of nitro groups is 1. The van der Waals surface area contributed by atoms with E-state index in [1.165, 1.54) is 0 Å². The first-order chi connectivity index (χ1) is 9.86. The number of anilines is 2. The molecule has 0 bridgehead atoms. The van der Waals surface area contributed by atoms with Crippen LogP contribution < -0.4 is 10.1 Å². The van der Waals surface area contributed by atoms with Gasteiger partial charge in [-0.1, -0.05) is 23.2 Å². The van der Waals surface area contributed by atoms with Crippen LogP contribution in [0.15, 0.2) is 12.1 Å². The third-order valence-corrected chi connectivity index (χ3v) is 2.95. The van der Waals surface area contributed by atoms with Crippen LogP contribution in [0.1, 0.15) is 13.8 Å². The minimum Gasteiger partial charge on any atom is -0.475 e. The summed E-state index contributed by atoms with van der Waals surface area (Å²) in [5, 5.41) is 20.2. The third kappa shape index (κ3) is 3.73. The standard InChI is InChI=1S/C11H11Cl2N5O3/c1-5(2)21-9-4-8(16-17-9)14-11-7(18(19)20)3-6(12)10(13)15-11/h3-5H,1-2H3,(H2,14,15,16,17). The lowest BCUT2D eigenvalue weighted by Gasteiger charge is -2.05. The number of pyridine rings is 1. The van der Waals surface area contributed by atoms with Crippen LogP contribution in [0.2, 0.25) is 10.2 Å². The van der Waals surface area contributed by atoms with Gasteiger partial charge in [-0.25, -0.2) is 10.1 Å². The number of hydrogen-bond donors (Lipinski definition) is 2. The van der Waals surface area contributed by atoms with Crippen LogP contribution in [0.25, 0.3) is 0 Å². The summed E-state index contributed by atoms with van der Waals surface area (Å²) in [6.07, 6.45) is -0.0317. The molecule has 0 amide bonds. The average molecular weight is 332 g/mol. The van der Waals surface area contributed by atoms with E-state index in [1.807, 2.05) is 13.8 Å². The summed E-state index contributed by atoms with van der Waals surface area (Å²) in [5.41, 5.74) is -0.307. The molecule has 0 atom stereocenters. The topological polar surface area (TPSA) is 106 Å². The highest BCUT2D eigenvalue weighted by molar-refractivity contribution is 6.41. The molecule has 10 heteroatoms. The summed E-state index contributed by atoms with van der Waals surface area (Å²) < 4.78 is 5.39. The summed E-state index contributed by atoms with van der Waals surface area (Å²) in [7, 11) is 0. The fourth-order valence-electron chi connectivity index (χ4n) is 1.49. The Morgan fingerprint density at radius 2 is 2.14 bits per heavy atom. The van der Waals surface area contributed by atoms with Gasteiger partial charge in [0.15, 0.2) is 11.0 Å². The van der Waals surface area contributed by atoms with E-state index in [0.717, 1.165) is 6.07 Å². The smallest absolute Gasteiger partial charge is 0.313 e. The zero-order valence-corrected chi connectivity index (χ0v) is 12.6. The van der Waals surface area contributed by atoms with E-state index in [2.05, 4.69) is 20.5 Å². The number of H-pyrrole nitrogens is 1. The van der Waals surface area contributed by atoms with Crippen molar-refractivity contribution in [3.63, 3.8) is 0 Å². The van der Waals surface area contributed by atoms with Crippen molar-refractivity contribution in [2.75, 3.05) is 5.32 Å². The van der Waals surface area contributed by atoms with Crippen LogP contribution in [0.5, 0.6) is 5.88 Å². The second-order valence-electron chi connectivity index (χ2n) is 4.29. The van der Waals surface area contributed by atoms with Gasteiger partial charge in [-0.05, 0) is 13.8 Å². The Balaban J connectivity index is 2.28. The molecule has 2 aromatic rings. The molecular weight excluding hydrogens is 321 g/mol. The van der Waals surface area contributed by atoms with Crippen molar-refractivity contribution < 1.29 is 9.66 Å². The van der Waals surface area contributed by atoms with Gasteiger partial charge in [0.05, 0.1) is 16.0 Å². The Morgan fingerprint density at radius 1 is 1.43 bits per heavy atom. The van der Waals surface area contributed by atoms with E-state index in [-0.39, 0.29) is 27.8 Å². The summed E-state index contributed by atoms with van der Waals surface area (Å²) in [4.78, 5) is 14.2. The number of hydrogen-bond acceptors (Lipinski definition) is 6. The molecule has 0 saturated heterocycles. The molecule has 2 rings (SSSR count). The molecule has 8 nitrogen and oxygen atoms in total.